The number of unbranched alkanes of at least 4 members (excludes halogenated alkanes) is 2. The highest BCUT2D eigenvalue weighted by Crippen LogP contribution is 2.50. The van der Waals surface area contributed by atoms with Gasteiger partial charge in [0.25, 0.3) is 0 Å². The van der Waals surface area contributed by atoms with Crippen LogP contribution in [0.15, 0.2) is 204 Å². The van der Waals surface area contributed by atoms with Gasteiger partial charge >= 0.3 is 0 Å². The van der Waals surface area contributed by atoms with Gasteiger partial charge in [0, 0.05) is 121 Å². The molecule has 0 fully saturated rings. The lowest BCUT2D eigenvalue weighted by atomic mass is 10.0. The van der Waals surface area contributed by atoms with Gasteiger partial charge < -0.3 is 9.13 Å². The molecule has 0 saturated carbocycles. The standard InChI is InChI=1S/C66H50N4O2S3/c1-3-5-35-69-55-19-9-7-15-45(55)51-37-41(23-29-57(51)69)43-21-25-49-61(39-43)73-59-31-27-47(53-17-11-13-33-67-53)65(63(49)59)75(71,72)66-48(54-18-12-14-34-68-54)28-32-60-64(66)50-26-22-44(40-62(50)74-60)42-24-30-58-52(38-42)46-16-8-10-20-56(46)70(58)36-6-4-2/h7-34,37-40H,3-6,35-36H2,1-2H3. The first-order valence-corrected chi connectivity index (χ1v) is 29.1. The number of benzene rings is 8. The number of thiophene rings is 2. The number of para-hydroxylation sites is 2. The molecule has 0 amide bonds. The minimum absolute atomic E-state index is 0.256. The first kappa shape index (κ1) is 45.6. The normalized spacial score (nSPS) is 12.3. The lowest BCUT2D eigenvalue weighted by Gasteiger charge is -2.17. The average molecular weight is 1030 g/mol. The van der Waals surface area contributed by atoms with E-state index in [2.05, 4.69) is 156 Å². The molecule has 0 atom stereocenters. The number of pyridine rings is 2. The second-order valence-corrected chi connectivity index (χ2v) is 23.7. The van der Waals surface area contributed by atoms with Crippen molar-refractivity contribution in [1.82, 2.24) is 19.1 Å². The molecular formula is C66H50N4O2S3. The fourth-order valence-electron chi connectivity index (χ4n) is 11.7. The number of sulfone groups is 1. The van der Waals surface area contributed by atoms with Crippen molar-refractivity contribution >= 4 is 116 Å². The van der Waals surface area contributed by atoms with Gasteiger partial charge in [0.2, 0.25) is 9.84 Å². The van der Waals surface area contributed by atoms with E-state index in [1.807, 2.05) is 48.5 Å². The maximum Gasteiger partial charge on any atom is 0.209 e. The van der Waals surface area contributed by atoms with Gasteiger partial charge in [0.05, 0.1) is 21.2 Å². The van der Waals surface area contributed by atoms with Crippen molar-refractivity contribution in [3.8, 4) is 44.8 Å². The molecule has 8 aromatic carbocycles. The predicted molar refractivity (Wildman–Crippen MR) is 317 cm³/mol. The van der Waals surface area contributed by atoms with Crippen LogP contribution in [0.25, 0.3) is 129 Å². The number of hydrogen-bond acceptors (Lipinski definition) is 6. The third-order valence-electron chi connectivity index (χ3n) is 15.3. The van der Waals surface area contributed by atoms with Crippen LogP contribution in [0.2, 0.25) is 0 Å². The van der Waals surface area contributed by atoms with Crippen molar-refractivity contribution in [3.63, 3.8) is 0 Å². The third kappa shape index (κ3) is 7.35. The number of aromatic nitrogens is 4. The first-order chi connectivity index (χ1) is 36.9. The molecule has 75 heavy (non-hydrogen) atoms. The Kier molecular flexibility index (Phi) is 11.1. The number of hydrogen-bond donors (Lipinski definition) is 0. The van der Waals surface area contributed by atoms with Crippen molar-refractivity contribution in [2.45, 2.75) is 62.4 Å². The predicted octanol–water partition coefficient (Wildman–Crippen LogP) is 18.5. The van der Waals surface area contributed by atoms with Gasteiger partial charge in [-0.3, -0.25) is 9.97 Å². The van der Waals surface area contributed by atoms with Crippen LogP contribution in [0.4, 0.5) is 0 Å². The molecule has 0 spiro atoms. The van der Waals surface area contributed by atoms with Gasteiger partial charge in [-0.2, -0.15) is 0 Å². The summed E-state index contributed by atoms with van der Waals surface area (Å²) < 4.78 is 42.1. The summed E-state index contributed by atoms with van der Waals surface area (Å²) in [5.41, 5.74) is 11.7. The highest BCUT2D eigenvalue weighted by atomic mass is 32.2. The second kappa shape index (κ2) is 18.2. The Morgan fingerprint density at radius 1 is 0.400 bits per heavy atom. The zero-order valence-corrected chi connectivity index (χ0v) is 44.0. The number of aryl methyl sites for hydroxylation is 2. The summed E-state index contributed by atoms with van der Waals surface area (Å²) in [5.74, 6) is 0. The van der Waals surface area contributed by atoms with E-state index in [-0.39, 0.29) is 9.79 Å². The molecule has 14 rings (SSSR count). The molecule has 0 aliphatic carbocycles. The summed E-state index contributed by atoms with van der Waals surface area (Å²) in [6.45, 7) is 6.44. The highest BCUT2D eigenvalue weighted by molar-refractivity contribution is 7.92. The molecule has 6 heterocycles. The molecule has 364 valence electrons. The first-order valence-electron chi connectivity index (χ1n) is 26.0. The van der Waals surface area contributed by atoms with Crippen LogP contribution in [0.3, 0.4) is 0 Å². The quantitative estimate of drug-likeness (QED) is 0.122. The molecular weight excluding hydrogens is 977 g/mol. The maximum absolute atomic E-state index is 16.7. The fraction of sp³-hybridized carbons (Fsp3) is 0.121. The van der Waals surface area contributed by atoms with E-state index >= 15 is 8.42 Å². The van der Waals surface area contributed by atoms with Gasteiger partial charge in [-0.25, -0.2) is 8.42 Å². The molecule has 6 aromatic heterocycles. The van der Waals surface area contributed by atoms with E-state index in [0.29, 0.717) is 33.3 Å². The Balaban J connectivity index is 0.963. The smallest absolute Gasteiger partial charge is 0.209 e. The topological polar surface area (TPSA) is 69.8 Å². The van der Waals surface area contributed by atoms with E-state index in [1.54, 1.807) is 35.1 Å². The molecule has 9 heteroatoms. The Morgan fingerprint density at radius 3 is 1.25 bits per heavy atom. The van der Waals surface area contributed by atoms with Crippen molar-refractivity contribution in [3.05, 3.63) is 194 Å². The van der Waals surface area contributed by atoms with Crippen LogP contribution in [0, 0.1) is 0 Å². The van der Waals surface area contributed by atoms with Crippen LogP contribution in [-0.4, -0.2) is 27.5 Å². The zero-order chi connectivity index (χ0) is 50.4. The molecule has 0 saturated heterocycles. The summed E-state index contributed by atoms with van der Waals surface area (Å²) >= 11 is 3.26. The molecule has 6 nitrogen and oxygen atoms in total. The van der Waals surface area contributed by atoms with Gasteiger partial charge in [-0.05, 0) is 120 Å². The third-order valence-corrected chi connectivity index (χ3v) is 19.4. The Hall–Kier alpha value is -7.95. The van der Waals surface area contributed by atoms with Gasteiger partial charge in [0.1, 0.15) is 0 Å². The monoisotopic (exact) mass is 1030 g/mol. The lowest BCUT2D eigenvalue weighted by Crippen LogP contribution is -2.08. The molecule has 0 bridgehead atoms. The molecule has 0 unspecified atom stereocenters. The van der Waals surface area contributed by atoms with Crippen molar-refractivity contribution < 1.29 is 8.42 Å². The number of fused-ring (bicyclic) bond motifs is 12. The molecule has 0 aliphatic rings. The molecule has 0 aliphatic heterocycles. The van der Waals surface area contributed by atoms with E-state index in [1.165, 1.54) is 43.6 Å². The van der Waals surface area contributed by atoms with Crippen LogP contribution in [-0.2, 0) is 22.9 Å². The maximum atomic E-state index is 16.7. The van der Waals surface area contributed by atoms with Gasteiger partial charge in [0.15, 0.2) is 0 Å². The van der Waals surface area contributed by atoms with Crippen LogP contribution < -0.4 is 0 Å². The summed E-state index contributed by atoms with van der Waals surface area (Å²) in [7, 11) is -4.37. The SMILES string of the molecule is CCCCn1c2ccccc2c2cc(-c3ccc4c(c3)sc3ccc(-c5ccccn5)c(S(=O)(=O)c5c(-c6ccccn6)ccc6sc7cc(-c8ccc9c(c8)c8ccccc8n9CCCC)ccc7c56)c34)ccc21. The largest absolute Gasteiger partial charge is 0.340 e. The second-order valence-electron chi connectivity index (χ2n) is 19.7. The molecule has 0 N–H and O–H groups in total. The van der Waals surface area contributed by atoms with E-state index < -0.39 is 9.84 Å². The minimum atomic E-state index is -4.37. The Morgan fingerprint density at radius 2 is 0.813 bits per heavy atom. The summed E-state index contributed by atoms with van der Waals surface area (Å²) in [5, 5.41) is 8.18. The Bertz CT molecular complexity index is 4410. The minimum Gasteiger partial charge on any atom is -0.340 e. The van der Waals surface area contributed by atoms with E-state index in [9.17, 15) is 0 Å². The number of nitrogens with zero attached hydrogens (tertiary/aromatic N) is 4. The van der Waals surface area contributed by atoms with Crippen LogP contribution >= 0.6 is 22.7 Å². The van der Waals surface area contributed by atoms with Crippen molar-refractivity contribution in [2.75, 3.05) is 0 Å². The molecule has 14 aromatic rings. The zero-order valence-electron chi connectivity index (χ0n) is 41.5. The summed E-state index contributed by atoms with van der Waals surface area (Å²) in [6.07, 6.45) is 7.97. The highest BCUT2D eigenvalue weighted by Gasteiger charge is 2.33. The fourth-order valence-corrected chi connectivity index (χ4v) is 16.3. The Labute approximate surface area is 442 Å². The van der Waals surface area contributed by atoms with Crippen LogP contribution in [0.1, 0.15) is 39.5 Å². The summed E-state index contributed by atoms with van der Waals surface area (Å²) in [6, 6.07) is 63.5. The summed E-state index contributed by atoms with van der Waals surface area (Å²) in [4.78, 5) is 10.1. The number of rotatable bonds is 12. The van der Waals surface area contributed by atoms with Crippen molar-refractivity contribution in [1.29, 1.82) is 0 Å². The van der Waals surface area contributed by atoms with E-state index in [4.69, 9.17) is 9.97 Å². The van der Waals surface area contributed by atoms with Gasteiger partial charge in [-0.15, -0.1) is 22.7 Å². The average Bonchev–Trinajstić information content (AvgIpc) is 4.28. The van der Waals surface area contributed by atoms with Gasteiger partial charge in [-0.1, -0.05) is 124 Å². The molecule has 0 radical (unpaired) electrons. The van der Waals surface area contributed by atoms with Crippen LogP contribution in [0.5, 0.6) is 0 Å². The van der Waals surface area contributed by atoms with E-state index in [0.717, 1.165) is 90.6 Å². The van der Waals surface area contributed by atoms with Crippen molar-refractivity contribution in [2.24, 2.45) is 0 Å². The lowest BCUT2D eigenvalue weighted by molar-refractivity contribution is 0.598.